The SMILES string of the molecule is OCCCc1ccccc1.c1cnsc1. The summed E-state index contributed by atoms with van der Waals surface area (Å²) in [4.78, 5) is 0. The summed E-state index contributed by atoms with van der Waals surface area (Å²) in [5.41, 5.74) is 1.30. The van der Waals surface area contributed by atoms with Crippen molar-refractivity contribution in [3.05, 3.63) is 53.5 Å². The molecule has 0 radical (unpaired) electrons. The monoisotopic (exact) mass is 221 g/mol. The summed E-state index contributed by atoms with van der Waals surface area (Å²) in [5, 5.41) is 10.5. The van der Waals surface area contributed by atoms with Gasteiger partial charge in [0.1, 0.15) is 0 Å². The molecule has 0 aliphatic carbocycles. The van der Waals surface area contributed by atoms with Crippen LogP contribution in [0.2, 0.25) is 0 Å². The van der Waals surface area contributed by atoms with Crippen molar-refractivity contribution in [3.63, 3.8) is 0 Å². The van der Waals surface area contributed by atoms with E-state index in [9.17, 15) is 0 Å². The van der Waals surface area contributed by atoms with Crippen molar-refractivity contribution in [1.82, 2.24) is 4.37 Å². The quantitative estimate of drug-likeness (QED) is 0.864. The van der Waals surface area contributed by atoms with Crippen LogP contribution in [0.4, 0.5) is 0 Å². The zero-order chi connectivity index (χ0) is 10.8. The third kappa shape index (κ3) is 5.99. The Bertz CT molecular complexity index is 303. The molecule has 0 aliphatic heterocycles. The van der Waals surface area contributed by atoms with E-state index < -0.39 is 0 Å². The Morgan fingerprint density at radius 2 is 1.93 bits per heavy atom. The molecular weight excluding hydrogens is 206 g/mol. The molecule has 80 valence electrons. The molecule has 0 saturated carbocycles. The highest BCUT2D eigenvalue weighted by Crippen LogP contribution is 2.00. The van der Waals surface area contributed by atoms with Gasteiger partial charge in [-0.05, 0) is 36.0 Å². The lowest BCUT2D eigenvalue weighted by Gasteiger charge is -1.96. The van der Waals surface area contributed by atoms with Crippen molar-refractivity contribution in [2.75, 3.05) is 6.61 Å². The van der Waals surface area contributed by atoms with Crippen LogP contribution in [0.5, 0.6) is 0 Å². The van der Waals surface area contributed by atoms with Crippen LogP contribution >= 0.6 is 11.5 Å². The van der Waals surface area contributed by atoms with Crippen LogP contribution in [0.3, 0.4) is 0 Å². The molecule has 1 aromatic carbocycles. The molecule has 0 aliphatic rings. The highest BCUT2D eigenvalue weighted by molar-refractivity contribution is 7.03. The summed E-state index contributed by atoms with van der Waals surface area (Å²) in [6.07, 6.45) is 3.62. The van der Waals surface area contributed by atoms with E-state index in [4.69, 9.17) is 5.11 Å². The molecular formula is C12H15NOS. The summed E-state index contributed by atoms with van der Waals surface area (Å²) in [7, 11) is 0. The number of hydrogen-bond donors (Lipinski definition) is 1. The van der Waals surface area contributed by atoms with Gasteiger partial charge in [0, 0.05) is 18.2 Å². The molecule has 2 aromatic rings. The molecule has 1 heterocycles. The average Bonchev–Trinajstić information content (AvgIpc) is 2.86. The Hall–Kier alpha value is -1.19. The van der Waals surface area contributed by atoms with E-state index in [2.05, 4.69) is 16.5 Å². The van der Waals surface area contributed by atoms with Crippen molar-refractivity contribution in [1.29, 1.82) is 0 Å². The third-order valence-corrected chi connectivity index (χ3v) is 2.34. The van der Waals surface area contributed by atoms with Crippen LogP contribution in [-0.2, 0) is 6.42 Å². The normalized spacial score (nSPS) is 9.13. The fourth-order valence-corrected chi connectivity index (χ4v) is 1.45. The molecule has 0 unspecified atom stereocenters. The van der Waals surface area contributed by atoms with Gasteiger partial charge in [-0.3, -0.25) is 0 Å². The minimum Gasteiger partial charge on any atom is -0.396 e. The average molecular weight is 221 g/mol. The molecule has 2 rings (SSSR count). The Labute approximate surface area is 94.4 Å². The number of nitrogens with zero attached hydrogens (tertiary/aromatic N) is 1. The van der Waals surface area contributed by atoms with Crippen LogP contribution in [0.1, 0.15) is 12.0 Å². The van der Waals surface area contributed by atoms with Gasteiger partial charge in [-0.15, -0.1) is 0 Å². The zero-order valence-electron chi connectivity index (χ0n) is 8.54. The number of hydrogen-bond acceptors (Lipinski definition) is 3. The second-order valence-corrected chi connectivity index (χ2v) is 3.69. The van der Waals surface area contributed by atoms with Crippen LogP contribution in [0.15, 0.2) is 48.0 Å². The van der Waals surface area contributed by atoms with Crippen molar-refractivity contribution in [2.45, 2.75) is 12.8 Å². The molecule has 2 nitrogen and oxygen atoms in total. The second kappa shape index (κ2) is 8.15. The first kappa shape index (κ1) is 11.9. The molecule has 3 heteroatoms. The van der Waals surface area contributed by atoms with Crippen molar-refractivity contribution in [3.8, 4) is 0 Å². The highest BCUT2D eigenvalue weighted by atomic mass is 32.1. The predicted molar refractivity (Wildman–Crippen MR) is 64.0 cm³/mol. The van der Waals surface area contributed by atoms with Crippen LogP contribution < -0.4 is 0 Å². The number of rotatable bonds is 3. The van der Waals surface area contributed by atoms with Gasteiger partial charge < -0.3 is 5.11 Å². The minimum atomic E-state index is 0.287. The van der Waals surface area contributed by atoms with Gasteiger partial charge in [-0.1, -0.05) is 30.3 Å². The largest absolute Gasteiger partial charge is 0.396 e. The number of aryl methyl sites for hydroxylation is 1. The minimum absolute atomic E-state index is 0.287. The zero-order valence-corrected chi connectivity index (χ0v) is 9.36. The molecule has 0 spiro atoms. The summed E-state index contributed by atoms with van der Waals surface area (Å²) in [6.45, 7) is 0.287. The number of benzene rings is 1. The molecule has 1 N–H and O–H groups in total. The highest BCUT2D eigenvalue weighted by Gasteiger charge is 1.88. The summed E-state index contributed by atoms with van der Waals surface area (Å²) in [5.74, 6) is 0. The van der Waals surface area contributed by atoms with Gasteiger partial charge in [0.25, 0.3) is 0 Å². The first-order valence-corrected chi connectivity index (χ1v) is 5.76. The lowest BCUT2D eigenvalue weighted by Crippen LogP contribution is -1.87. The van der Waals surface area contributed by atoms with Gasteiger partial charge in [-0.25, -0.2) is 4.37 Å². The Morgan fingerprint density at radius 3 is 2.40 bits per heavy atom. The Balaban J connectivity index is 0.000000187. The molecule has 0 atom stereocenters. The van der Waals surface area contributed by atoms with Crippen LogP contribution in [-0.4, -0.2) is 16.1 Å². The first-order valence-electron chi connectivity index (χ1n) is 4.92. The van der Waals surface area contributed by atoms with E-state index in [-0.39, 0.29) is 6.61 Å². The Morgan fingerprint density at radius 1 is 1.13 bits per heavy atom. The molecule has 15 heavy (non-hydrogen) atoms. The van der Waals surface area contributed by atoms with E-state index in [0.29, 0.717) is 0 Å². The molecule has 0 saturated heterocycles. The van der Waals surface area contributed by atoms with Crippen molar-refractivity contribution >= 4 is 11.5 Å². The predicted octanol–water partition coefficient (Wildman–Crippen LogP) is 2.75. The van der Waals surface area contributed by atoms with Crippen molar-refractivity contribution in [2.24, 2.45) is 0 Å². The number of aliphatic hydroxyl groups excluding tert-OH is 1. The van der Waals surface area contributed by atoms with Gasteiger partial charge in [0.2, 0.25) is 0 Å². The van der Waals surface area contributed by atoms with Gasteiger partial charge in [0.15, 0.2) is 0 Å². The third-order valence-electron chi connectivity index (χ3n) is 1.81. The maximum absolute atomic E-state index is 8.53. The van der Waals surface area contributed by atoms with E-state index >= 15 is 0 Å². The van der Waals surface area contributed by atoms with Gasteiger partial charge >= 0.3 is 0 Å². The first-order chi connectivity index (χ1) is 7.43. The fourth-order valence-electron chi connectivity index (χ4n) is 1.10. The molecule has 1 aromatic heterocycles. The summed E-state index contributed by atoms with van der Waals surface area (Å²) < 4.78 is 3.76. The van der Waals surface area contributed by atoms with E-state index in [0.717, 1.165) is 12.8 Å². The molecule has 0 amide bonds. The fraction of sp³-hybridized carbons (Fsp3) is 0.250. The maximum Gasteiger partial charge on any atom is 0.0434 e. The summed E-state index contributed by atoms with van der Waals surface area (Å²) >= 11 is 1.46. The lowest BCUT2D eigenvalue weighted by molar-refractivity contribution is 0.288. The van der Waals surface area contributed by atoms with Crippen LogP contribution in [0, 0.1) is 0 Å². The molecule has 0 fully saturated rings. The van der Waals surface area contributed by atoms with Gasteiger partial charge in [0.05, 0.1) is 0 Å². The topological polar surface area (TPSA) is 33.1 Å². The molecule has 0 bridgehead atoms. The van der Waals surface area contributed by atoms with Crippen molar-refractivity contribution < 1.29 is 5.11 Å². The van der Waals surface area contributed by atoms with E-state index in [1.807, 2.05) is 29.6 Å². The number of aliphatic hydroxyl groups is 1. The Kier molecular flexibility index (Phi) is 6.45. The standard InChI is InChI=1S/C9H12O.C3H3NS/c10-8-4-7-9-5-2-1-3-6-9;1-2-4-5-3-1/h1-3,5-6,10H,4,7-8H2;1-3H. The lowest BCUT2D eigenvalue weighted by atomic mass is 10.1. The number of aromatic nitrogens is 1. The summed E-state index contributed by atoms with van der Waals surface area (Å²) in [6, 6.07) is 12.1. The smallest absolute Gasteiger partial charge is 0.0434 e. The van der Waals surface area contributed by atoms with E-state index in [1.54, 1.807) is 6.20 Å². The van der Waals surface area contributed by atoms with E-state index in [1.165, 1.54) is 17.1 Å². The maximum atomic E-state index is 8.53. The van der Waals surface area contributed by atoms with Gasteiger partial charge in [-0.2, -0.15) is 0 Å². The van der Waals surface area contributed by atoms with Crippen LogP contribution in [0.25, 0.3) is 0 Å². The second-order valence-electron chi connectivity index (χ2n) is 3.00.